The van der Waals surface area contributed by atoms with Crippen molar-refractivity contribution in [1.82, 2.24) is 19.2 Å². The van der Waals surface area contributed by atoms with E-state index in [9.17, 15) is 23.6 Å². The number of rotatable bonds is 6. The number of aromatic nitrogens is 3. The van der Waals surface area contributed by atoms with Gasteiger partial charge in [0.25, 0.3) is 11.5 Å². The fraction of sp³-hybridized carbons (Fsp3) is 0.370. The van der Waals surface area contributed by atoms with Crippen LogP contribution in [-0.2, 0) is 16.1 Å². The van der Waals surface area contributed by atoms with Crippen molar-refractivity contribution in [2.24, 2.45) is 5.92 Å². The van der Waals surface area contributed by atoms with E-state index in [0.29, 0.717) is 30.6 Å². The van der Waals surface area contributed by atoms with E-state index >= 15 is 0 Å². The molecule has 37 heavy (non-hydrogen) atoms. The fourth-order valence-corrected chi connectivity index (χ4v) is 4.40. The molecule has 1 fully saturated rings. The maximum Gasteiger partial charge on any atom is 0.352 e. The van der Waals surface area contributed by atoms with Crippen molar-refractivity contribution >= 4 is 11.9 Å². The maximum atomic E-state index is 13.8. The molecule has 3 aromatic rings. The third kappa shape index (κ3) is 5.52. The standard InChI is InChI=1S/C27H29FN4O5/c1-4-37-26(35)20-8-6-12-30(16-20)24(33)23-25(34)31(15-19-7-5-9-21(28)14-19)27(36)32(29-23)22-11-10-17(2)18(3)13-22/h5,7,9-11,13-14,20H,4,6,8,12,15-16H2,1-3H3/t20-/m0/s1. The van der Waals surface area contributed by atoms with Crippen molar-refractivity contribution < 1.29 is 18.7 Å². The lowest BCUT2D eigenvalue weighted by atomic mass is 9.98. The van der Waals surface area contributed by atoms with Gasteiger partial charge in [-0.3, -0.25) is 19.0 Å². The number of likely N-dealkylation sites (tertiary alicyclic amines) is 1. The van der Waals surface area contributed by atoms with Crippen LogP contribution in [0.15, 0.2) is 52.1 Å². The molecule has 1 aliphatic rings. The van der Waals surface area contributed by atoms with Crippen LogP contribution in [0.5, 0.6) is 0 Å². The first-order valence-electron chi connectivity index (χ1n) is 12.2. The smallest absolute Gasteiger partial charge is 0.352 e. The van der Waals surface area contributed by atoms with Crippen LogP contribution in [0.1, 0.15) is 46.9 Å². The minimum Gasteiger partial charge on any atom is -0.466 e. The molecule has 4 rings (SSSR count). The molecule has 1 aromatic heterocycles. The molecule has 2 heterocycles. The summed E-state index contributed by atoms with van der Waals surface area (Å²) < 4.78 is 20.8. The van der Waals surface area contributed by atoms with Crippen LogP contribution >= 0.6 is 0 Å². The van der Waals surface area contributed by atoms with Crippen molar-refractivity contribution in [3.05, 3.63) is 91.5 Å². The Morgan fingerprint density at radius 3 is 2.59 bits per heavy atom. The molecule has 0 unspecified atom stereocenters. The summed E-state index contributed by atoms with van der Waals surface area (Å²) in [5.74, 6) is -2.08. The molecule has 1 atom stereocenters. The summed E-state index contributed by atoms with van der Waals surface area (Å²) >= 11 is 0. The molecule has 0 radical (unpaired) electrons. The van der Waals surface area contributed by atoms with Gasteiger partial charge in [0.2, 0.25) is 5.69 Å². The molecule has 10 heteroatoms. The second-order valence-electron chi connectivity index (χ2n) is 9.18. The number of hydrogen-bond donors (Lipinski definition) is 0. The molecule has 2 aromatic carbocycles. The van der Waals surface area contributed by atoms with Gasteiger partial charge < -0.3 is 9.64 Å². The van der Waals surface area contributed by atoms with Gasteiger partial charge in [0.15, 0.2) is 0 Å². The van der Waals surface area contributed by atoms with E-state index < -0.39 is 40.6 Å². The number of carbonyl (C=O) groups excluding carboxylic acids is 2. The van der Waals surface area contributed by atoms with E-state index in [1.165, 1.54) is 23.1 Å². The molecule has 1 saturated heterocycles. The number of amides is 1. The second-order valence-corrected chi connectivity index (χ2v) is 9.18. The summed E-state index contributed by atoms with van der Waals surface area (Å²) in [5, 5.41) is 4.20. The predicted molar refractivity (Wildman–Crippen MR) is 134 cm³/mol. The van der Waals surface area contributed by atoms with Crippen LogP contribution in [0.4, 0.5) is 4.39 Å². The number of piperidine rings is 1. The van der Waals surface area contributed by atoms with E-state index in [1.807, 2.05) is 19.9 Å². The molecule has 1 amide bonds. The van der Waals surface area contributed by atoms with E-state index in [0.717, 1.165) is 20.4 Å². The fourth-order valence-electron chi connectivity index (χ4n) is 4.40. The van der Waals surface area contributed by atoms with Crippen LogP contribution in [0.25, 0.3) is 5.69 Å². The number of hydrogen-bond acceptors (Lipinski definition) is 6. The van der Waals surface area contributed by atoms with E-state index in [1.54, 1.807) is 25.1 Å². The lowest BCUT2D eigenvalue weighted by Gasteiger charge is -2.31. The van der Waals surface area contributed by atoms with Crippen LogP contribution in [-0.4, -0.2) is 50.8 Å². The van der Waals surface area contributed by atoms with Crippen molar-refractivity contribution in [2.45, 2.75) is 40.2 Å². The number of esters is 1. The lowest BCUT2D eigenvalue weighted by molar-refractivity contribution is -0.149. The van der Waals surface area contributed by atoms with Crippen molar-refractivity contribution in [2.75, 3.05) is 19.7 Å². The number of nitrogens with zero attached hydrogens (tertiary/aromatic N) is 4. The van der Waals surface area contributed by atoms with Crippen molar-refractivity contribution in [3.8, 4) is 5.69 Å². The first kappa shape index (κ1) is 26.0. The van der Waals surface area contributed by atoms with Crippen LogP contribution in [0, 0.1) is 25.6 Å². The Morgan fingerprint density at radius 2 is 1.89 bits per heavy atom. The summed E-state index contributed by atoms with van der Waals surface area (Å²) in [5.41, 5.74) is 0.595. The minimum atomic E-state index is -0.877. The van der Waals surface area contributed by atoms with Gasteiger partial charge in [0, 0.05) is 13.1 Å². The zero-order valence-corrected chi connectivity index (χ0v) is 21.1. The molecule has 0 bridgehead atoms. The van der Waals surface area contributed by atoms with Gasteiger partial charge >= 0.3 is 11.7 Å². The molecule has 0 N–H and O–H groups in total. The molecule has 194 valence electrons. The molecule has 0 spiro atoms. The SMILES string of the molecule is CCOC(=O)[C@H]1CCCN(C(=O)c2nn(-c3ccc(C)c(C)c3)c(=O)n(Cc3cccc(F)c3)c2=O)C1. The Morgan fingerprint density at radius 1 is 1.11 bits per heavy atom. The van der Waals surface area contributed by atoms with Gasteiger partial charge in [-0.1, -0.05) is 18.2 Å². The maximum absolute atomic E-state index is 13.8. The highest BCUT2D eigenvalue weighted by molar-refractivity contribution is 5.92. The number of halogens is 1. The topological polar surface area (TPSA) is 104 Å². The van der Waals surface area contributed by atoms with Gasteiger partial charge in [-0.2, -0.15) is 9.78 Å². The minimum absolute atomic E-state index is 0.0887. The zero-order valence-electron chi connectivity index (χ0n) is 21.1. The molecular weight excluding hydrogens is 479 g/mol. The lowest BCUT2D eigenvalue weighted by Crippen LogP contribution is -2.49. The number of aryl methyl sites for hydroxylation is 2. The highest BCUT2D eigenvalue weighted by Crippen LogP contribution is 2.19. The van der Waals surface area contributed by atoms with Gasteiger partial charge in [-0.15, -0.1) is 0 Å². The van der Waals surface area contributed by atoms with Crippen LogP contribution in [0.2, 0.25) is 0 Å². The molecule has 1 aliphatic heterocycles. The van der Waals surface area contributed by atoms with E-state index in [2.05, 4.69) is 5.10 Å². The monoisotopic (exact) mass is 508 g/mol. The van der Waals surface area contributed by atoms with Crippen molar-refractivity contribution in [1.29, 1.82) is 0 Å². The average Bonchev–Trinajstić information content (AvgIpc) is 2.88. The van der Waals surface area contributed by atoms with E-state index in [-0.39, 0.29) is 19.7 Å². The Labute approximate surface area is 213 Å². The Hall–Kier alpha value is -4.08. The van der Waals surface area contributed by atoms with E-state index in [4.69, 9.17) is 4.74 Å². The Balaban J connectivity index is 1.81. The predicted octanol–water partition coefficient (Wildman–Crippen LogP) is 2.61. The highest BCUT2D eigenvalue weighted by Gasteiger charge is 2.32. The average molecular weight is 509 g/mol. The van der Waals surface area contributed by atoms with Crippen molar-refractivity contribution in [3.63, 3.8) is 0 Å². The Kier molecular flexibility index (Phi) is 7.66. The quantitative estimate of drug-likeness (QED) is 0.474. The second kappa shape index (κ2) is 10.9. The third-order valence-electron chi connectivity index (χ3n) is 6.56. The van der Waals surface area contributed by atoms with Gasteiger partial charge in [-0.25, -0.2) is 9.18 Å². The highest BCUT2D eigenvalue weighted by atomic mass is 19.1. The summed E-state index contributed by atoms with van der Waals surface area (Å²) in [6, 6.07) is 10.8. The first-order valence-corrected chi connectivity index (χ1v) is 12.2. The normalized spacial score (nSPS) is 15.5. The summed E-state index contributed by atoms with van der Waals surface area (Å²) in [6.45, 7) is 5.93. The summed E-state index contributed by atoms with van der Waals surface area (Å²) in [4.78, 5) is 54.1. The molecule has 0 aliphatic carbocycles. The molecular formula is C27H29FN4O5. The number of benzene rings is 2. The summed E-state index contributed by atoms with van der Waals surface area (Å²) in [7, 11) is 0. The summed E-state index contributed by atoms with van der Waals surface area (Å²) in [6.07, 6.45) is 1.13. The molecule has 9 nitrogen and oxygen atoms in total. The number of carbonyl (C=O) groups is 2. The van der Waals surface area contributed by atoms with Crippen LogP contribution < -0.4 is 11.2 Å². The van der Waals surface area contributed by atoms with Gasteiger partial charge in [-0.05, 0) is 74.6 Å². The zero-order chi connectivity index (χ0) is 26.7. The van der Waals surface area contributed by atoms with Gasteiger partial charge in [0.1, 0.15) is 5.82 Å². The van der Waals surface area contributed by atoms with Gasteiger partial charge in [0.05, 0.1) is 24.8 Å². The third-order valence-corrected chi connectivity index (χ3v) is 6.56. The molecule has 0 saturated carbocycles. The number of ether oxygens (including phenoxy) is 1. The van der Waals surface area contributed by atoms with Crippen LogP contribution in [0.3, 0.4) is 0 Å². The largest absolute Gasteiger partial charge is 0.466 e. The Bertz CT molecular complexity index is 1460. The first-order chi connectivity index (χ1) is 17.7.